The summed E-state index contributed by atoms with van der Waals surface area (Å²) in [4.78, 5) is 8.93. The SMILES string of the molecule is c1nc(Nc2nncs2)c2c(OC3CCOCC3)cc(OCCCC3CNCCO3)cc2n1. The quantitative estimate of drug-likeness (QED) is 0.451. The topological polar surface area (TPSA) is 113 Å². The molecule has 1 unspecified atom stereocenters. The van der Waals surface area contributed by atoms with Gasteiger partial charge in [-0.2, -0.15) is 0 Å². The Morgan fingerprint density at radius 2 is 2.12 bits per heavy atom. The van der Waals surface area contributed by atoms with E-state index in [1.54, 1.807) is 5.51 Å². The number of benzene rings is 1. The molecule has 2 aliphatic rings. The summed E-state index contributed by atoms with van der Waals surface area (Å²) in [7, 11) is 0. The molecule has 2 saturated heterocycles. The van der Waals surface area contributed by atoms with Crippen molar-refractivity contribution in [2.45, 2.75) is 37.9 Å². The molecule has 11 heteroatoms. The van der Waals surface area contributed by atoms with Crippen molar-refractivity contribution < 1.29 is 18.9 Å². The van der Waals surface area contributed by atoms with Crippen LogP contribution in [0.25, 0.3) is 10.9 Å². The van der Waals surface area contributed by atoms with Gasteiger partial charge in [0.25, 0.3) is 0 Å². The third-order valence-electron chi connectivity index (χ3n) is 5.67. The molecule has 2 aromatic heterocycles. The summed E-state index contributed by atoms with van der Waals surface area (Å²) >= 11 is 1.41. The summed E-state index contributed by atoms with van der Waals surface area (Å²) in [5.74, 6) is 2.06. The molecule has 0 aliphatic carbocycles. The Morgan fingerprint density at radius 1 is 1.18 bits per heavy atom. The van der Waals surface area contributed by atoms with Crippen LogP contribution in [0.1, 0.15) is 25.7 Å². The fourth-order valence-electron chi connectivity index (χ4n) is 4.01. The highest BCUT2D eigenvalue weighted by atomic mass is 32.1. The number of aromatic nitrogens is 4. The minimum absolute atomic E-state index is 0.0720. The first-order valence-electron chi connectivity index (χ1n) is 11.4. The van der Waals surface area contributed by atoms with E-state index in [1.807, 2.05) is 12.1 Å². The second-order valence-electron chi connectivity index (χ2n) is 8.02. The fourth-order valence-corrected chi connectivity index (χ4v) is 4.45. The van der Waals surface area contributed by atoms with Crippen molar-refractivity contribution in [3.05, 3.63) is 24.0 Å². The molecule has 10 nitrogen and oxygen atoms in total. The summed E-state index contributed by atoms with van der Waals surface area (Å²) in [6.45, 7) is 4.60. The maximum absolute atomic E-state index is 6.43. The van der Waals surface area contributed by atoms with Crippen molar-refractivity contribution in [1.29, 1.82) is 0 Å². The van der Waals surface area contributed by atoms with E-state index in [4.69, 9.17) is 18.9 Å². The first-order chi connectivity index (χ1) is 16.3. The van der Waals surface area contributed by atoms with Crippen LogP contribution in [0.15, 0.2) is 24.0 Å². The van der Waals surface area contributed by atoms with Gasteiger partial charge in [0.2, 0.25) is 5.13 Å². The van der Waals surface area contributed by atoms with Crippen molar-refractivity contribution in [2.75, 3.05) is 44.8 Å². The summed E-state index contributed by atoms with van der Waals surface area (Å²) in [6.07, 6.45) is 5.42. The van der Waals surface area contributed by atoms with Crippen LogP contribution in [0.3, 0.4) is 0 Å². The van der Waals surface area contributed by atoms with Crippen LogP contribution in [-0.2, 0) is 9.47 Å². The Bertz CT molecular complexity index is 1030. The minimum atomic E-state index is 0.0720. The maximum atomic E-state index is 6.43. The van der Waals surface area contributed by atoms with E-state index in [2.05, 4.69) is 30.8 Å². The second-order valence-corrected chi connectivity index (χ2v) is 8.86. The summed E-state index contributed by atoms with van der Waals surface area (Å²) in [5.41, 5.74) is 2.42. The van der Waals surface area contributed by atoms with Crippen LogP contribution in [-0.4, -0.2) is 71.9 Å². The number of hydrogen-bond acceptors (Lipinski definition) is 11. The fraction of sp³-hybridized carbons (Fsp3) is 0.545. The number of fused-ring (bicyclic) bond motifs is 1. The first-order valence-corrected chi connectivity index (χ1v) is 12.2. The van der Waals surface area contributed by atoms with Crippen LogP contribution in [0.5, 0.6) is 11.5 Å². The van der Waals surface area contributed by atoms with Crippen molar-refractivity contribution >= 4 is 33.2 Å². The number of morpholine rings is 1. The highest BCUT2D eigenvalue weighted by Gasteiger charge is 2.20. The molecule has 2 fully saturated rings. The number of hydrogen-bond donors (Lipinski definition) is 2. The van der Waals surface area contributed by atoms with E-state index in [-0.39, 0.29) is 12.2 Å². The Kier molecular flexibility index (Phi) is 7.41. The van der Waals surface area contributed by atoms with Gasteiger partial charge in [0.05, 0.1) is 43.4 Å². The standard InChI is InChI=1S/C22H28N6O4S/c1(2-16-12-23-5-9-31-16)6-30-17-10-18-20(19(11-17)32-15-3-7-29-8-4-15)21(25-13-24-18)27-22-28-26-14-33-22/h10-11,13-16,23H,1-9,12H2,(H,24,25,27,28). The Balaban J connectivity index is 1.35. The van der Waals surface area contributed by atoms with Crippen LogP contribution < -0.4 is 20.1 Å². The lowest BCUT2D eigenvalue weighted by Gasteiger charge is -2.25. The molecule has 0 radical (unpaired) electrons. The molecule has 1 aromatic carbocycles. The van der Waals surface area contributed by atoms with Gasteiger partial charge in [-0.3, -0.25) is 0 Å². The lowest BCUT2D eigenvalue weighted by Crippen LogP contribution is -2.38. The highest BCUT2D eigenvalue weighted by molar-refractivity contribution is 7.13. The van der Waals surface area contributed by atoms with Gasteiger partial charge in [0.15, 0.2) is 0 Å². The molecule has 3 aromatic rings. The molecule has 176 valence electrons. The zero-order valence-corrected chi connectivity index (χ0v) is 19.2. The third kappa shape index (κ3) is 5.85. The van der Waals surface area contributed by atoms with E-state index >= 15 is 0 Å². The zero-order valence-electron chi connectivity index (χ0n) is 18.4. The van der Waals surface area contributed by atoms with Gasteiger partial charge in [-0.1, -0.05) is 11.3 Å². The van der Waals surface area contributed by atoms with Crippen LogP contribution in [0.4, 0.5) is 10.9 Å². The molecular formula is C22H28N6O4S. The monoisotopic (exact) mass is 472 g/mol. The molecule has 2 N–H and O–H groups in total. The van der Waals surface area contributed by atoms with Gasteiger partial charge in [-0.25, -0.2) is 9.97 Å². The van der Waals surface area contributed by atoms with Crippen LogP contribution in [0, 0.1) is 0 Å². The molecule has 4 heterocycles. The second kappa shape index (κ2) is 11.0. The van der Waals surface area contributed by atoms with Gasteiger partial charge in [-0.15, -0.1) is 10.2 Å². The average Bonchev–Trinajstić information content (AvgIpc) is 3.36. The molecule has 0 bridgehead atoms. The van der Waals surface area contributed by atoms with Gasteiger partial charge < -0.3 is 29.6 Å². The van der Waals surface area contributed by atoms with Crippen molar-refractivity contribution in [3.8, 4) is 11.5 Å². The molecule has 0 amide bonds. The molecule has 0 spiro atoms. The van der Waals surface area contributed by atoms with Crippen LogP contribution >= 0.6 is 11.3 Å². The minimum Gasteiger partial charge on any atom is -0.493 e. The highest BCUT2D eigenvalue weighted by Crippen LogP contribution is 2.37. The molecule has 5 rings (SSSR count). The molecule has 33 heavy (non-hydrogen) atoms. The van der Waals surface area contributed by atoms with Crippen molar-refractivity contribution in [3.63, 3.8) is 0 Å². The summed E-state index contributed by atoms with van der Waals surface area (Å²) in [6, 6.07) is 3.86. The van der Waals surface area contributed by atoms with E-state index in [9.17, 15) is 0 Å². The molecule has 0 saturated carbocycles. The van der Waals surface area contributed by atoms with Crippen molar-refractivity contribution in [1.82, 2.24) is 25.5 Å². The van der Waals surface area contributed by atoms with Crippen molar-refractivity contribution in [2.24, 2.45) is 0 Å². The predicted molar refractivity (Wildman–Crippen MR) is 125 cm³/mol. The molecule has 2 aliphatic heterocycles. The van der Waals surface area contributed by atoms with E-state index in [1.165, 1.54) is 17.7 Å². The maximum Gasteiger partial charge on any atom is 0.211 e. The van der Waals surface area contributed by atoms with Gasteiger partial charge >= 0.3 is 0 Å². The average molecular weight is 473 g/mol. The number of nitrogens with one attached hydrogen (secondary N) is 2. The summed E-state index contributed by atoms with van der Waals surface area (Å²) in [5, 5.41) is 16.0. The van der Waals surface area contributed by atoms with E-state index in [0.29, 0.717) is 36.5 Å². The first kappa shape index (κ1) is 22.2. The van der Waals surface area contributed by atoms with Gasteiger partial charge in [-0.05, 0) is 12.8 Å². The Labute approximate surface area is 196 Å². The normalized spacial score (nSPS) is 19.5. The smallest absolute Gasteiger partial charge is 0.211 e. The third-order valence-corrected chi connectivity index (χ3v) is 6.27. The van der Waals surface area contributed by atoms with Crippen LogP contribution in [0.2, 0.25) is 0 Å². The Morgan fingerprint density at radius 3 is 2.94 bits per heavy atom. The largest absolute Gasteiger partial charge is 0.493 e. The van der Waals surface area contributed by atoms with E-state index < -0.39 is 0 Å². The zero-order chi connectivity index (χ0) is 22.3. The Hall–Kier alpha value is -2.60. The molecular weight excluding hydrogens is 444 g/mol. The summed E-state index contributed by atoms with van der Waals surface area (Å²) < 4.78 is 23.8. The van der Waals surface area contributed by atoms with E-state index in [0.717, 1.165) is 62.0 Å². The lowest BCUT2D eigenvalue weighted by atomic mass is 10.1. The van der Waals surface area contributed by atoms with Gasteiger partial charge in [0.1, 0.15) is 35.3 Å². The number of ether oxygens (including phenoxy) is 4. The lowest BCUT2D eigenvalue weighted by molar-refractivity contribution is 0.0203. The molecule has 1 atom stereocenters. The number of rotatable bonds is 9. The van der Waals surface area contributed by atoms with Gasteiger partial charge in [0, 0.05) is 38.1 Å². The number of anilines is 2. The predicted octanol–water partition coefficient (Wildman–Crippen LogP) is 2.93. The number of nitrogens with zero attached hydrogens (tertiary/aromatic N) is 4.